The third-order valence-corrected chi connectivity index (χ3v) is 2.11. The van der Waals surface area contributed by atoms with Gasteiger partial charge in [0.15, 0.2) is 5.82 Å². The molecule has 88 valence electrons. The van der Waals surface area contributed by atoms with Crippen molar-refractivity contribution in [2.45, 2.75) is 19.8 Å². The fraction of sp³-hybridized carbons (Fsp3) is 0.364. The molecule has 0 saturated heterocycles. The summed E-state index contributed by atoms with van der Waals surface area (Å²) in [6.07, 6.45) is 0.296. The van der Waals surface area contributed by atoms with Crippen molar-refractivity contribution in [3.8, 4) is 0 Å². The van der Waals surface area contributed by atoms with Gasteiger partial charge >= 0.3 is 0 Å². The van der Waals surface area contributed by atoms with Crippen LogP contribution in [-0.2, 0) is 4.79 Å². The van der Waals surface area contributed by atoms with E-state index >= 15 is 0 Å². The number of aliphatic hydroxyl groups is 1. The highest BCUT2D eigenvalue weighted by molar-refractivity contribution is 5.91. The van der Waals surface area contributed by atoms with Crippen LogP contribution in [0.3, 0.4) is 0 Å². The third kappa shape index (κ3) is 3.00. The number of amides is 1. The van der Waals surface area contributed by atoms with E-state index < -0.39 is 23.2 Å². The van der Waals surface area contributed by atoms with Gasteiger partial charge in [-0.2, -0.15) is 0 Å². The molecule has 0 aliphatic heterocycles. The Balaban J connectivity index is 2.80. The Morgan fingerprint density at radius 3 is 2.75 bits per heavy atom. The Bertz CT molecular complexity index is 394. The molecule has 0 aromatic heterocycles. The van der Waals surface area contributed by atoms with Gasteiger partial charge < -0.3 is 10.4 Å². The molecule has 0 aliphatic carbocycles. The minimum atomic E-state index is -0.805. The molecule has 1 aromatic rings. The molecule has 1 rings (SSSR count). The number of aryl methyl sites for hydroxylation is 1. The lowest BCUT2D eigenvalue weighted by Gasteiger charge is -2.08. The van der Waals surface area contributed by atoms with E-state index in [1.807, 2.05) is 0 Å². The van der Waals surface area contributed by atoms with E-state index in [0.717, 1.165) is 6.07 Å². The van der Waals surface area contributed by atoms with Crippen LogP contribution in [0, 0.1) is 18.6 Å². The quantitative estimate of drug-likeness (QED) is 0.829. The van der Waals surface area contributed by atoms with Crippen LogP contribution < -0.4 is 5.32 Å². The van der Waals surface area contributed by atoms with Gasteiger partial charge in [0, 0.05) is 13.0 Å². The van der Waals surface area contributed by atoms with E-state index in [1.165, 1.54) is 13.0 Å². The minimum absolute atomic E-state index is 0.0311. The maximum Gasteiger partial charge on any atom is 0.224 e. The zero-order chi connectivity index (χ0) is 12.1. The standard InChI is InChI=1S/C11H13F2NO2/c1-7-4-5-8(12)11(10(7)13)14-9(16)3-2-6-15/h4-5,15H,2-3,6H2,1H3,(H,14,16). The fourth-order valence-corrected chi connectivity index (χ4v) is 1.21. The predicted molar refractivity (Wildman–Crippen MR) is 56.0 cm³/mol. The Hall–Kier alpha value is -1.49. The minimum Gasteiger partial charge on any atom is -0.396 e. The Labute approximate surface area is 92.1 Å². The number of carbonyl (C=O) groups is 1. The largest absolute Gasteiger partial charge is 0.396 e. The van der Waals surface area contributed by atoms with E-state index in [1.54, 1.807) is 0 Å². The van der Waals surface area contributed by atoms with Gasteiger partial charge in [-0.15, -0.1) is 0 Å². The summed E-state index contributed by atoms with van der Waals surface area (Å²) in [7, 11) is 0. The molecule has 0 saturated carbocycles. The second kappa shape index (κ2) is 5.55. The Morgan fingerprint density at radius 2 is 2.12 bits per heavy atom. The SMILES string of the molecule is Cc1ccc(F)c(NC(=O)CCCO)c1F. The van der Waals surface area contributed by atoms with Crippen molar-refractivity contribution < 1.29 is 18.7 Å². The summed E-state index contributed by atoms with van der Waals surface area (Å²) in [5.41, 5.74) is -0.165. The number of hydrogen-bond acceptors (Lipinski definition) is 2. The van der Waals surface area contributed by atoms with E-state index in [4.69, 9.17) is 5.11 Å². The van der Waals surface area contributed by atoms with Crippen LogP contribution in [0.5, 0.6) is 0 Å². The third-order valence-electron chi connectivity index (χ3n) is 2.11. The predicted octanol–water partition coefficient (Wildman–Crippen LogP) is 1.98. The maximum absolute atomic E-state index is 13.4. The number of benzene rings is 1. The van der Waals surface area contributed by atoms with Crippen LogP contribution >= 0.6 is 0 Å². The van der Waals surface area contributed by atoms with Crippen molar-refractivity contribution in [1.82, 2.24) is 0 Å². The van der Waals surface area contributed by atoms with Crippen LogP contribution in [0.4, 0.5) is 14.5 Å². The topological polar surface area (TPSA) is 49.3 Å². The summed E-state index contributed by atoms with van der Waals surface area (Å²) >= 11 is 0. The molecule has 0 radical (unpaired) electrons. The highest BCUT2D eigenvalue weighted by Gasteiger charge is 2.13. The van der Waals surface area contributed by atoms with Gasteiger partial charge in [0.25, 0.3) is 0 Å². The summed E-state index contributed by atoms with van der Waals surface area (Å²) in [5, 5.41) is 10.7. The average Bonchev–Trinajstić information content (AvgIpc) is 2.27. The molecule has 0 fully saturated rings. The molecule has 0 unspecified atom stereocenters. The number of carbonyl (C=O) groups excluding carboxylic acids is 1. The molecule has 0 atom stereocenters. The van der Waals surface area contributed by atoms with Crippen molar-refractivity contribution in [2.24, 2.45) is 0 Å². The van der Waals surface area contributed by atoms with Crippen molar-refractivity contribution >= 4 is 11.6 Å². The lowest BCUT2D eigenvalue weighted by atomic mass is 10.2. The number of rotatable bonds is 4. The fourth-order valence-electron chi connectivity index (χ4n) is 1.21. The van der Waals surface area contributed by atoms with Gasteiger partial charge in [0.05, 0.1) is 0 Å². The number of anilines is 1. The molecular formula is C11H13F2NO2. The van der Waals surface area contributed by atoms with Crippen molar-refractivity contribution in [3.63, 3.8) is 0 Å². The summed E-state index contributed by atoms with van der Waals surface area (Å²) in [6.45, 7) is 1.35. The molecule has 2 N–H and O–H groups in total. The van der Waals surface area contributed by atoms with Crippen LogP contribution in [0.2, 0.25) is 0 Å². The zero-order valence-corrected chi connectivity index (χ0v) is 8.89. The highest BCUT2D eigenvalue weighted by atomic mass is 19.1. The highest BCUT2D eigenvalue weighted by Crippen LogP contribution is 2.21. The maximum atomic E-state index is 13.4. The second-order valence-electron chi connectivity index (χ2n) is 3.43. The van der Waals surface area contributed by atoms with E-state index in [0.29, 0.717) is 0 Å². The molecule has 16 heavy (non-hydrogen) atoms. The Morgan fingerprint density at radius 1 is 1.44 bits per heavy atom. The van der Waals surface area contributed by atoms with Crippen LogP contribution in [0.15, 0.2) is 12.1 Å². The summed E-state index contributed by atoms with van der Waals surface area (Å²) in [5.74, 6) is -2.09. The monoisotopic (exact) mass is 229 g/mol. The Kier molecular flexibility index (Phi) is 4.37. The van der Waals surface area contributed by atoms with Crippen molar-refractivity contribution in [3.05, 3.63) is 29.3 Å². The molecule has 0 spiro atoms. The van der Waals surface area contributed by atoms with Gasteiger partial charge in [-0.1, -0.05) is 6.07 Å². The summed E-state index contributed by atoms with van der Waals surface area (Å²) in [6, 6.07) is 2.40. The first-order valence-electron chi connectivity index (χ1n) is 4.91. The molecule has 5 heteroatoms. The van der Waals surface area contributed by atoms with E-state index in [2.05, 4.69) is 5.32 Å². The van der Waals surface area contributed by atoms with Gasteiger partial charge in [-0.05, 0) is 25.0 Å². The van der Waals surface area contributed by atoms with Crippen molar-refractivity contribution in [2.75, 3.05) is 11.9 Å². The smallest absolute Gasteiger partial charge is 0.224 e. The molecule has 0 heterocycles. The number of aliphatic hydroxyl groups excluding tert-OH is 1. The first-order chi connectivity index (χ1) is 7.56. The first-order valence-corrected chi connectivity index (χ1v) is 4.91. The summed E-state index contributed by atoms with van der Waals surface area (Å²) in [4.78, 5) is 11.2. The normalized spacial score (nSPS) is 10.2. The molecule has 0 bridgehead atoms. The van der Waals surface area contributed by atoms with Crippen molar-refractivity contribution in [1.29, 1.82) is 0 Å². The molecule has 0 aliphatic rings. The summed E-state index contributed by atoms with van der Waals surface area (Å²) < 4.78 is 26.6. The number of hydrogen-bond donors (Lipinski definition) is 2. The van der Waals surface area contributed by atoms with Gasteiger partial charge in [-0.25, -0.2) is 8.78 Å². The second-order valence-corrected chi connectivity index (χ2v) is 3.43. The molecule has 1 aromatic carbocycles. The van der Waals surface area contributed by atoms with Gasteiger partial charge in [-0.3, -0.25) is 4.79 Å². The lowest BCUT2D eigenvalue weighted by molar-refractivity contribution is -0.116. The first kappa shape index (κ1) is 12.6. The molecule has 3 nitrogen and oxygen atoms in total. The van der Waals surface area contributed by atoms with Crippen LogP contribution in [0.1, 0.15) is 18.4 Å². The molecular weight excluding hydrogens is 216 g/mol. The van der Waals surface area contributed by atoms with E-state index in [-0.39, 0.29) is 25.0 Å². The molecule has 1 amide bonds. The van der Waals surface area contributed by atoms with Crippen LogP contribution in [0.25, 0.3) is 0 Å². The average molecular weight is 229 g/mol. The van der Waals surface area contributed by atoms with E-state index in [9.17, 15) is 13.6 Å². The zero-order valence-electron chi connectivity index (χ0n) is 8.89. The van der Waals surface area contributed by atoms with Gasteiger partial charge in [0.1, 0.15) is 11.5 Å². The van der Waals surface area contributed by atoms with Gasteiger partial charge in [0.2, 0.25) is 5.91 Å². The lowest BCUT2D eigenvalue weighted by Crippen LogP contribution is -2.14. The van der Waals surface area contributed by atoms with Crippen LogP contribution in [-0.4, -0.2) is 17.6 Å². The number of halogens is 2. The number of nitrogens with one attached hydrogen (secondary N) is 1.